The first kappa shape index (κ1) is 12.8. The number of Topliss-reactive ketones (excluding diaryl/α,β-unsaturated/α-hetero) is 1. The Bertz CT molecular complexity index is 440. The van der Waals surface area contributed by atoms with Crippen LogP contribution >= 0.6 is 15.9 Å². The number of halogens is 1. The lowest BCUT2D eigenvalue weighted by atomic mass is 10.1. The van der Waals surface area contributed by atoms with Gasteiger partial charge in [0.25, 0.3) is 0 Å². The Morgan fingerprint density at radius 3 is 2.88 bits per heavy atom. The number of aromatic nitrogens is 2. The third-order valence-electron chi connectivity index (χ3n) is 3.37. The number of rotatable bonds is 5. The van der Waals surface area contributed by atoms with Crippen molar-refractivity contribution in [2.45, 2.75) is 26.8 Å². The van der Waals surface area contributed by atoms with Crippen molar-refractivity contribution in [2.24, 2.45) is 11.3 Å². The van der Waals surface area contributed by atoms with Crippen molar-refractivity contribution in [3.63, 3.8) is 0 Å². The van der Waals surface area contributed by atoms with E-state index in [0.717, 1.165) is 10.9 Å². The molecular formula is C12H17BrN2O2. The van der Waals surface area contributed by atoms with E-state index in [4.69, 9.17) is 4.74 Å². The zero-order valence-electron chi connectivity index (χ0n) is 10.4. The number of methoxy groups -OCH3 is 1. The summed E-state index contributed by atoms with van der Waals surface area (Å²) in [6, 6.07) is 0. The summed E-state index contributed by atoms with van der Waals surface area (Å²) < 4.78 is 7.52. The van der Waals surface area contributed by atoms with Crippen LogP contribution in [0.15, 0.2) is 10.7 Å². The van der Waals surface area contributed by atoms with Crippen molar-refractivity contribution in [3.8, 4) is 0 Å². The van der Waals surface area contributed by atoms with Crippen LogP contribution in [0.25, 0.3) is 0 Å². The molecular weight excluding hydrogens is 284 g/mol. The van der Waals surface area contributed by atoms with E-state index in [9.17, 15) is 4.79 Å². The molecule has 1 aromatic rings. The first-order valence-electron chi connectivity index (χ1n) is 5.72. The predicted molar refractivity (Wildman–Crippen MR) is 68.0 cm³/mol. The van der Waals surface area contributed by atoms with Crippen molar-refractivity contribution in [3.05, 3.63) is 16.4 Å². The molecule has 2 rings (SSSR count). The molecule has 1 fully saturated rings. The van der Waals surface area contributed by atoms with Crippen LogP contribution in [-0.2, 0) is 11.3 Å². The fourth-order valence-corrected chi connectivity index (χ4v) is 2.53. The predicted octanol–water partition coefficient (Wildman–Crippen LogP) is 2.52. The first-order valence-corrected chi connectivity index (χ1v) is 6.51. The lowest BCUT2D eigenvalue weighted by Gasteiger charge is -2.07. The Morgan fingerprint density at radius 1 is 1.71 bits per heavy atom. The number of carbonyl (C=O) groups excluding carboxylic acids is 1. The van der Waals surface area contributed by atoms with Gasteiger partial charge in [-0.15, -0.1) is 0 Å². The number of carbonyl (C=O) groups is 1. The van der Waals surface area contributed by atoms with Gasteiger partial charge in [-0.3, -0.25) is 9.48 Å². The van der Waals surface area contributed by atoms with Gasteiger partial charge in [0.05, 0.1) is 23.8 Å². The zero-order chi connectivity index (χ0) is 12.6. The molecule has 0 radical (unpaired) electrons. The summed E-state index contributed by atoms with van der Waals surface area (Å²) in [4.78, 5) is 12.4. The topological polar surface area (TPSA) is 44.1 Å². The molecule has 94 valence electrons. The molecule has 0 bridgehead atoms. The van der Waals surface area contributed by atoms with E-state index in [-0.39, 0.29) is 17.1 Å². The van der Waals surface area contributed by atoms with Crippen LogP contribution in [0.1, 0.15) is 30.8 Å². The normalized spacial score (nSPS) is 21.5. The molecule has 5 heteroatoms. The van der Waals surface area contributed by atoms with Gasteiger partial charge < -0.3 is 4.74 Å². The van der Waals surface area contributed by atoms with Gasteiger partial charge in [-0.2, -0.15) is 5.10 Å². The Labute approximate surface area is 109 Å². The van der Waals surface area contributed by atoms with Crippen molar-refractivity contribution >= 4 is 21.7 Å². The van der Waals surface area contributed by atoms with Crippen LogP contribution in [0, 0.1) is 11.3 Å². The van der Waals surface area contributed by atoms with E-state index < -0.39 is 0 Å². The molecule has 17 heavy (non-hydrogen) atoms. The highest BCUT2D eigenvalue weighted by atomic mass is 79.9. The van der Waals surface area contributed by atoms with Crippen LogP contribution in [0.2, 0.25) is 0 Å². The molecule has 1 unspecified atom stereocenters. The standard InChI is InChI=1S/C12H17BrN2O2/c1-12(2)6-8(12)11(16)10-9(13)7-14-15(10)4-5-17-3/h7-8H,4-6H2,1-3H3. The van der Waals surface area contributed by atoms with Gasteiger partial charge in [0.15, 0.2) is 5.78 Å². The molecule has 0 N–H and O–H groups in total. The number of ketones is 1. The van der Waals surface area contributed by atoms with Crippen LogP contribution in [0.5, 0.6) is 0 Å². The SMILES string of the molecule is COCCn1ncc(Br)c1C(=O)C1CC1(C)C. The molecule has 0 amide bonds. The van der Waals surface area contributed by atoms with Gasteiger partial charge in [-0.1, -0.05) is 13.8 Å². The quantitative estimate of drug-likeness (QED) is 0.785. The Hall–Kier alpha value is -0.680. The van der Waals surface area contributed by atoms with Crippen molar-refractivity contribution < 1.29 is 9.53 Å². The smallest absolute Gasteiger partial charge is 0.185 e. The zero-order valence-corrected chi connectivity index (χ0v) is 12.0. The first-order chi connectivity index (χ1) is 7.97. The van der Waals surface area contributed by atoms with Crippen LogP contribution in [-0.4, -0.2) is 29.3 Å². The third-order valence-corrected chi connectivity index (χ3v) is 3.95. The lowest BCUT2D eigenvalue weighted by molar-refractivity contribution is 0.0938. The molecule has 4 nitrogen and oxygen atoms in total. The van der Waals surface area contributed by atoms with E-state index in [1.54, 1.807) is 18.0 Å². The van der Waals surface area contributed by atoms with Crippen molar-refractivity contribution in [2.75, 3.05) is 13.7 Å². The summed E-state index contributed by atoms with van der Waals surface area (Å²) >= 11 is 3.40. The largest absolute Gasteiger partial charge is 0.383 e. The number of nitrogens with zero attached hydrogens (tertiary/aromatic N) is 2. The Balaban J connectivity index is 2.19. The number of hydrogen-bond donors (Lipinski definition) is 0. The van der Waals surface area contributed by atoms with Crippen LogP contribution < -0.4 is 0 Å². The maximum Gasteiger partial charge on any atom is 0.185 e. The monoisotopic (exact) mass is 300 g/mol. The van der Waals surface area contributed by atoms with E-state index >= 15 is 0 Å². The lowest BCUT2D eigenvalue weighted by Crippen LogP contribution is -2.16. The van der Waals surface area contributed by atoms with Gasteiger partial charge in [-0.25, -0.2) is 0 Å². The maximum absolute atomic E-state index is 12.4. The van der Waals surface area contributed by atoms with E-state index in [1.807, 2.05) is 0 Å². The summed E-state index contributed by atoms with van der Waals surface area (Å²) in [5.41, 5.74) is 0.824. The van der Waals surface area contributed by atoms with Gasteiger partial charge in [-0.05, 0) is 27.8 Å². The second-order valence-corrected chi connectivity index (χ2v) is 6.02. The average Bonchev–Trinajstić information content (AvgIpc) is 2.75. The molecule has 1 aromatic heterocycles. The van der Waals surface area contributed by atoms with Crippen molar-refractivity contribution in [1.82, 2.24) is 9.78 Å². The average molecular weight is 301 g/mol. The minimum atomic E-state index is 0.136. The number of ether oxygens (including phenoxy) is 1. The van der Waals surface area contributed by atoms with Gasteiger partial charge in [0.1, 0.15) is 5.69 Å². The molecule has 1 atom stereocenters. The maximum atomic E-state index is 12.4. The highest BCUT2D eigenvalue weighted by molar-refractivity contribution is 9.10. The highest BCUT2D eigenvalue weighted by Crippen LogP contribution is 2.53. The molecule has 0 saturated heterocycles. The van der Waals surface area contributed by atoms with Gasteiger partial charge in [0.2, 0.25) is 0 Å². The molecule has 1 aliphatic carbocycles. The van der Waals surface area contributed by atoms with E-state index in [0.29, 0.717) is 18.8 Å². The molecule has 1 heterocycles. The number of hydrogen-bond acceptors (Lipinski definition) is 3. The molecule has 1 aliphatic rings. The third kappa shape index (κ3) is 2.45. The summed E-state index contributed by atoms with van der Waals surface area (Å²) in [7, 11) is 1.64. The fourth-order valence-electron chi connectivity index (χ4n) is 2.03. The summed E-state index contributed by atoms with van der Waals surface area (Å²) in [6.45, 7) is 5.41. The minimum absolute atomic E-state index is 0.136. The minimum Gasteiger partial charge on any atom is -0.383 e. The fraction of sp³-hybridized carbons (Fsp3) is 0.667. The molecule has 0 aliphatic heterocycles. The van der Waals surface area contributed by atoms with E-state index in [2.05, 4.69) is 34.9 Å². The van der Waals surface area contributed by atoms with Crippen molar-refractivity contribution in [1.29, 1.82) is 0 Å². The summed E-state index contributed by atoms with van der Waals surface area (Å²) in [6.07, 6.45) is 2.64. The van der Waals surface area contributed by atoms with Crippen LogP contribution in [0.4, 0.5) is 0 Å². The Kier molecular flexibility index (Phi) is 3.41. The van der Waals surface area contributed by atoms with Crippen LogP contribution in [0.3, 0.4) is 0 Å². The second kappa shape index (κ2) is 4.53. The Morgan fingerprint density at radius 2 is 2.35 bits per heavy atom. The van der Waals surface area contributed by atoms with E-state index in [1.165, 1.54) is 0 Å². The summed E-state index contributed by atoms with van der Waals surface area (Å²) in [5.74, 6) is 0.326. The second-order valence-electron chi connectivity index (χ2n) is 5.17. The van der Waals surface area contributed by atoms with Gasteiger partial charge >= 0.3 is 0 Å². The van der Waals surface area contributed by atoms with Gasteiger partial charge in [0, 0.05) is 13.0 Å². The highest BCUT2D eigenvalue weighted by Gasteiger charge is 2.51. The molecule has 0 aromatic carbocycles. The molecule has 1 saturated carbocycles. The summed E-state index contributed by atoms with van der Waals surface area (Å²) in [5, 5.41) is 4.20. The molecule has 0 spiro atoms.